The molecular weight excluding hydrogens is 142 g/mol. The molecule has 1 aliphatic rings. The number of hydrogen-bond acceptors (Lipinski definition) is 2. The highest BCUT2D eigenvalue weighted by Gasteiger charge is 2.20. The number of carbonyl (C=O) groups excluding carboxylic acids is 1. The summed E-state index contributed by atoms with van der Waals surface area (Å²) in [6, 6.07) is 0. The molecule has 1 saturated heterocycles. The molecule has 0 saturated carbocycles. The minimum Gasteiger partial charge on any atom is -0.381 e. The molecule has 0 aromatic rings. The summed E-state index contributed by atoms with van der Waals surface area (Å²) in [6.45, 7) is 5.54. The molecule has 0 bridgehead atoms. The van der Waals surface area contributed by atoms with Crippen LogP contribution in [0, 0.1) is 5.92 Å². The van der Waals surface area contributed by atoms with E-state index in [9.17, 15) is 4.79 Å². The molecule has 11 heavy (non-hydrogen) atoms. The van der Waals surface area contributed by atoms with Gasteiger partial charge in [0.1, 0.15) is 0 Å². The fraction of sp³-hybridized carbons (Fsp3) is 0.625. The lowest BCUT2D eigenvalue weighted by Gasteiger charge is -2.24. The third-order valence-electron chi connectivity index (χ3n) is 1.62. The molecule has 0 unspecified atom stereocenters. The quantitative estimate of drug-likeness (QED) is 0.594. The van der Waals surface area contributed by atoms with E-state index in [0.29, 0.717) is 18.9 Å². The Kier molecular flexibility index (Phi) is 3.11. The Morgan fingerprint density at radius 2 is 2.45 bits per heavy atom. The van der Waals surface area contributed by atoms with E-state index in [2.05, 4.69) is 11.9 Å². The summed E-state index contributed by atoms with van der Waals surface area (Å²) in [5.41, 5.74) is 0. The van der Waals surface area contributed by atoms with E-state index in [1.54, 1.807) is 6.08 Å². The van der Waals surface area contributed by atoms with Crippen LogP contribution in [0.2, 0.25) is 0 Å². The van der Waals surface area contributed by atoms with Gasteiger partial charge < -0.3 is 10.1 Å². The first-order valence-corrected chi connectivity index (χ1v) is 3.78. The summed E-state index contributed by atoms with van der Waals surface area (Å²) in [5.74, 6) is 0.540. The molecule has 0 radical (unpaired) electrons. The largest absolute Gasteiger partial charge is 0.381 e. The van der Waals surface area contributed by atoms with Crippen molar-refractivity contribution in [2.45, 2.75) is 6.42 Å². The zero-order valence-electron chi connectivity index (χ0n) is 6.51. The highest BCUT2D eigenvalue weighted by molar-refractivity contribution is 5.76. The average Bonchev–Trinajstić information content (AvgIpc) is 1.93. The first-order valence-electron chi connectivity index (χ1n) is 3.78. The molecule has 3 nitrogen and oxygen atoms in total. The van der Waals surface area contributed by atoms with Crippen molar-refractivity contribution in [3.05, 3.63) is 12.7 Å². The van der Waals surface area contributed by atoms with Crippen LogP contribution >= 0.6 is 0 Å². The normalized spacial score (nSPS) is 17.1. The Morgan fingerprint density at radius 1 is 1.73 bits per heavy atom. The smallest absolute Gasteiger partial charge is 0.220 e. The Labute approximate surface area is 66.4 Å². The van der Waals surface area contributed by atoms with E-state index >= 15 is 0 Å². The monoisotopic (exact) mass is 155 g/mol. The number of ether oxygens (including phenoxy) is 1. The van der Waals surface area contributed by atoms with Crippen molar-refractivity contribution in [1.82, 2.24) is 5.32 Å². The van der Waals surface area contributed by atoms with Crippen LogP contribution in [-0.4, -0.2) is 25.7 Å². The fourth-order valence-electron chi connectivity index (χ4n) is 0.923. The van der Waals surface area contributed by atoms with Crippen LogP contribution in [0.3, 0.4) is 0 Å². The molecule has 3 heteroatoms. The fourth-order valence-corrected chi connectivity index (χ4v) is 0.923. The standard InChI is InChI=1S/C8H13NO2/c1-2-3-9-8(10)4-7-5-11-6-7/h2,7H,1,3-6H2,(H,9,10). The van der Waals surface area contributed by atoms with Gasteiger partial charge in [0.25, 0.3) is 0 Å². The van der Waals surface area contributed by atoms with Gasteiger partial charge in [-0.3, -0.25) is 4.79 Å². The molecule has 1 amide bonds. The van der Waals surface area contributed by atoms with E-state index in [4.69, 9.17) is 4.74 Å². The SMILES string of the molecule is C=CCNC(=O)CC1COC1. The second kappa shape index (κ2) is 4.13. The predicted molar refractivity (Wildman–Crippen MR) is 42.1 cm³/mol. The minimum absolute atomic E-state index is 0.0956. The maximum Gasteiger partial charge on any atom is 0.220 e. The minimum atomic E-state index is 0.0956. The molecule has 1 rings (SSSR count). The van der Waals surface area contributed by atoms with Gasteiger partial charge in [-0.25, -0.2) is 0 Å². The highest BCUT2D eigenvalue weighted by atomic mass is 16.5. The maximum atomic E-state index is 11.0. The van der Waals surface area contributed by atoms with E-state index in [1.807, 2.05) is 0 Å². The number of nitrogens with one attached hydrogen (secondary N) is 1. The first-order chi connectivity index (χ1) is 5.33. The predicted octanol–water partition coefficient (Wildman–Crippen LogP) is 0.325. The molecule has 0 spiro atoms. The molecule has 1 heterocycles. The van der Waals surface area contributed by atoms with Gasteiger partial charge in [-0.1, -0.05) is 6.08 Å². The van der Waals surface area contributed by atoms with Crippen molar-refractivity contribution in [3.63, 3.8) is 0 Å². The van der Waals surface area contributed by atoms with E-state index < -0.39 is 0 Å². The summed E-state index contributed by atoms with van der Waals surface area (Å²) >= 11 is 0. The lowest BCUT2D eigenvalue weighted by atomic mass is 10.0. The molecule has 0 aliphatic carbocycles. The van der Waals surface area contributed by atoms with Gasteiger partial charge in [0.05, 0.1) is 13.2 Å². The molecule has 0 aromatic heterocycles. The third-order valence-corrected chi connectivity index (χ3v) is 1.62. The van der Waals surface area contributed by atoms with Crippen molar-refractivity contribution >= 4 is 5.91 Å². The van der Waals surface area contributed by atoms with Crippen molar-refractivity contribution in [2.75, 3.05) is 19.8 Å². The molecule has 1 aliphatic heterocycles. The Hall–Kier alpha value is -0.830. The van der Waals surface area contributed by atoms with Crippen LogP contribution in [0.1, 0.15) is 6.42 Å². The first kappa shape index (κ1) is 8.27. The zero-order valence-corrected chi connectivity index (χ0v) is 6.51. The van der Waals surface area contributed by atoms with Crippen molar-refractivity contribution < 1.29 is 9.53 Å². The summed E-state index contributed by atoms with van der Waals surface area (Å²) in [4.78, 5) is 11.0. The van der Waals surface area contributed by atoms with Crippen molar-refractivity contribution in [3.8, 4) is 0 Å². The summed E-state index contributed by atoms with van der Waals surface area (Å²) in [7, 11) is 0. The average molecular weight is 155 g/mol. The summed E-state index contributed by atoms with van der Waals surface area (Å²) in [5, 5.41) is 2.72. The van der Waals surface area contributed by atoms with Gasteiger partial charge in [0.2, 0.25) is 5.91 Å². The van der Waals surface area contributed by atoms with Crippen molar-refractivity contribution in [1.29, 1.82) is 0 Å². The van der Waals surface area contributed by atoms with Gasteiger partial charge in [0.15, 0.2) is 0 Å². The molecule has 1 N–H and O–H groups in total. The lowest BCUT2D eigenvalue weighted by Crippen LogP contribution is -2.34. The van der Waals surface area contributed by atoms with Crippen LogP contribution in [0.5, 0.6) is 0 Å². The summed E-state index contributed by atoms with van der Waals surface area (Å²) < 4.78 is 4.94. The molecular formula is C8H13NO2. The van der Waals surface area contributed by atoms with Gasteiger partial charge >= 0.3 is 0 Å². The van der Waals surface area contributed by atoms with Gasteiger partial charge in [0, 0.05) is 18.9 Å². The Bertz CT molecular complexity index is 152. The molecule has 62 valence electrons. The van der Waals surface area contributed by atoms with Crippen LogP contribution in [-0.2, 0) is 9.53 Å². The topological polar surface area (TPSA) is 38.3 Å². The van der Waals surface area contributed by atoms with Gasteiger partial charge in [-0.15, -0.1) is 6.58 Å². The molecule has 1 fully saturated rings. The van der Waals surface area contributed by atoms with E-state index in [0.717, 1.165) is 13.2 Å². The maximum absolute atomic E-state index is 11.0. The van der Waals surface area contributed by atoms with Crippen molar-refractivity contribution in [2.24, 2.45) is 5.92 Å². The number of amides is 1. The zero-order chi connectivity index (χ0) is 8.10. The van der Waals surface area contributed by atoms with Crippen LogP contribution in [0.25, 0.3) is 0 Å². The summed E-state index contributed by atoms with van der Waals surface area (Å²) in [6.07, 6.45) is 2.27. The highest BCUT2D eigenvalue weighted by Crippen LogP contribution is 2.13. The van der Waals surface area contributed by atoms with Crippen LogP contribution in [0.15, 0.2) is 12.7 Å². The number of hydrogen-bond donors (Lipinski definition) is 1. The Balaban J connectivity index is 2.04. The second-order valence-electron chi connectivity index (χ2n) is 2.70. The van der Waals surface area contributed by atoms with E-state index in [-0.39, 0.29) is 5.91 Å². The van der Waals surface area contributed by atoms with E-state index in [1.165, 1.54) is 0 Å². The molecule has 0 aromatic carbocycles. The Morgan fingerprint density at radius 3 is 2.91 bits per heavy atom. The number of carbonyl (C=O) groups is 1. The van der Waals surface area contributed by atoms with Crippen LogP contribution < -0.4 is 5.32 Å². The third kappa shape index (κ3) is 2.72. The number of rotatable bonds is 4. The van der Waals surface area contributed by atoms with Gasteiger partial charge in [-0.05, 0) is 0 Å². The second-order valence-corrected chi connectivity index (χ2v) is 2.70. The van der Waals surface area contributed by atoms with Gasteiger partial charge in [-0.2, -0.15) is 0 Å². The molecule has 0 atom stereocenters. The van der Waals surface area contributed by atoms with Crippen LogP contribution in [0.4, 0.5) is 0 Å². The lowest BCUT2D eigenvalue weighted by molar-refractivity contribution is -0.126.